The first-order valence-electron chi connectivity index (χ1n) is 8.82. The van der Waals surface area contributed by atoms with Crippen molar-refractivity contribution in [1.82, 2.24) is 0 Å². The van der Waals surface area contributed by atoms with Crippen LogP contribution in [0.25, 0.3) is 0 Å². The molecule has 0 heterocycles. The number of hydrogen-bond donors (Lipinski definition) is 1. The van der Waals surface area contributed by atoms with Gasteiger partial charge in [0.2, 0.25) is 0 Å². The maximum absolute atomic E-state index is 10.6. The van der Waals surface area contributed by atoms with E-state index in [1.807, 2.05) is 34.6 Å². The van der Waals surface area contributed by atoms with Crippen molar-refractivity contribution in [1.29, 1.82) is 0 Å². The Morgan fingerprint density at radius 1 is 0.955 bits per heavy atom. The van der Waals surface area contributed by atoms with Gasteiger partial charge in [-0.25, -0.2) is 0 Å². The Labute approximate surface area is 137 Å². The van der Waals surface area contributed by atoms with Crippen LogP contribution in [0.1, 0.15) is 99.8 Å². The second-order valence-corrected chi connectivity index (χ2v) is 6.81. The van der Waals surface area contributed by atoms with Gasteiger partial charge in [-0.1, -0.05) is 40.5 Å². The number of carbonyl (C=O) groups excluding carboxylic acids is 1. The zero-order valence-corrected chi connectivity index (χ0v) is 15.9. The molecule has 132 valence electrons. The lowest BCUT2D eigenvalue weighted by atomic mass is 10.0. The van der Waals surface area contributed by atoms with E-state index in [0.29, 0.717) is 25.0 Å². The molecular weight excluding hydrogens is 276 g/mol. The number of hydrogen-bond acceptors (Lipinski definition) is 4. The number of carbonyl (C=O) groups is 1. The van der Waals surface area contributed by atoms with Crippen molar-refractivity contribution in [2.75, 3.05) is 0 Å². The zero-order valence-electron chi connectivity index (χ0n) is 15.9. The first-order valence-corrected chi connectivity index (χ1v) is 8.82. The average Bonchev–Trinajstić information content (AvgIpc) is 2.48. The lowest BCUT2D eigenvalue weighted by Gasteiger charge is -2.22. The van der Waals surface area contributed by atoms with Gasteiger partial charge in [0.05, 0.1) is 5.54 Å². The molecule has 1 N–H and O–H groups in total. The minimum Gasteiger partial charge on any atom is -0.368 e. The summed E-state index contributed by atoms with van der Waals surface area (Å²) in [7, 11) is 0. The number of unbranched alkanes of at least 4 members (excludes halogenated alkanes) is 2. The summed E-state index contributed by atoms with van der Waals surface area (Å²) in [5, 5.41) is 18.2. The van der Waals surface area contributed by atoms with Gasteiger partial charge in [0.25, 0.3) is 0 Å². The monoisotopic (exact) mass is 314 g/mol. The van der Waals surface area contributed by atoms with Gasteiger partial charge < -0.3 is 5.11 Å². The lowest BCUT2D eigenvalue weighted by Crippen LogP contribution is -2.25. The van der Waals surface area contributed by atoms with Gasteiger partial charge in [0.1, 0.15) is 5.78 Å². The van der Waals surface area contributed by atoms with Crippen LogP contribution in [0, 0.1) is 0 Å². The van der Waals surface area contributed by atoms with E-state index in [9.17, 15) is 9.90 Å². The van der Waals surface area contributed by atoms with Crippen molar-refractivity contribution < 1.29 is 9.90 Å². The predicted molar refractivity (Wildman–Crippen MR) is 94.2 cm³/mol. The van der Waals surface area contributed by atoms with E-state index in [1.165, 1.54) is 0 Å². The first-order chi connectivity index (χ1) is 10.1. The number of Topliss-reactive ketones (excluding diaryl/α,β-unsaturated/α-hetero) is 1. The van der Waals surface area contributed by atoms with E-state index in [2.05, 4.69) is 24.1 Å². The third-order valence-electron chi connectivity index (χ3n) is 3.24. The standard InChI is InChI=1S/C11H24N2O.C7H14O/c1-6-8-9-11(14,7-2)13-12-10(3,4)5;1-3-5-6-7(8)4-2/h14H,6-9H2,1-5H3;3-6H2,1-2H3/b13-12+;. The molecule has 0 aromatic rings. The SMILES string of the molecule is CCCCC(=O)CC.CCCCC(O)(CC)/N=N/C(C)(C)C. The summed E-state index contributed by atoms with van der Waals surface area (Å²) in [4.78, 5) is 10.6. The predicted octanol–water partition coefficient (Wildman–Crippen LogP) is 5.68. The van der Waals surface area contributed by atoms with Crippen LogP contribution < -0.4 is 0 Å². The molecule has 0 aliphatic heterocycles. The molecule has 0 rings (SSSR count). The minimum absolute atomic E-state index is 0.199. The lowest BCUT2D eigenvalue weighted by molar-refractivity contribution is -0.118. The van der Waals surface area contributed by atoms with Crippen molar-refractivity contribution in [2.24, 2.45) is 10.2 Å². The van der Waals surface area contributed by atoms with Crippen molar-refractivity contribution in [3.63, 3.8) is 0 Å². The molecular formula is C18H38N2O2. The summed E-state index contributed by atoms with van der Waals surface area (Å²) in [6, 6.07) is 0. The van der Waals surface area contributed by atoms with Gasteiger partial charge >= 0.3 is 0 Å². The second-order valence-electron chi connectivity index (χ2n) is 6.81. The smallest absolute Gasteiger partial charge is 0.175 e. The van der Waals surface area contributed by atoms with Crippen LogP contribution in [-0.2, 0) is 4.79 Å². The Bertz CT molecular complexity index is 309. The molecule has 0 aliphatic rings. The van der Waals surface area contributed by atoms with Crippen LogP contribution in [0.15, 0.2) is 10.2 Å². The molecule has 0 amide bonds. The van der Waals surface area contributed by atoms with Crippen LogP contribution in [0.2, 0.25) is 0 Å². The van der Waals surface area contributed by atoms with Crippen molar-refractivity contribution in [3.05, 3.63) is 0 Å². The quantitative estimate of drug-likeness (QED) is 0.556. The molecule has 0 saturated heterocycles. The van der Waals surface area contributed by atoms with Gasteiger partial charge in [-0.2, -0.15) is 10.2 Å². The molecule has 0 spiro atoms. The average molecular weight is 315 g/mol. The van der Waals surface area contributed by atoms with Gasteiger partial charge in [0.15, 0.2) is 5.72 Å². The van der Waals surface area contributed by atoms with E-state index >= 15 is 0 Å². The molecule has 0 bridgehead atoms. The van der Waals surface area contributed by atoms with E-state index in [4.69, 9.17) is 0 Å². The summed E-state index contributed by atoms with van der Waals surface area (Å²) in [6.07, 6.45) is 7.10. The summed E-state index contributed by atoms with van der Waals surface area (Å²) >= 11 is 0. The molecule has 1 atom stereocenters. The van der Waals surface area contributed by atoms with Crippen LogP contribution in [0.3, 0.4) is 0 Å². The summed E-state index contributed by atoms with van der Waals surface area (Å²) in [5.41, 5.74) is -1.14. The Balaban J connectivity index is 0. The Morgan fingerprint density at radius 2 is 1.50 bits per heavy atom. The Kier molecular flexibility index (Phi) is 13.6. The number of aliphatic hydroxyl groups is 1. The summed E-state index contributed by atoms with van der Waals surface area (Å²) < 4.78 is 0. The van der Waals surface area contributed by atoms with E-state index in [0.717, 1.165) is 32.1 Å². The minimum atomic E-state index is -0.941. The third-order valence-corrected chi connectivity index (χ3v) is 3.24. The third kappa shape index (κ3) is 15.6. The molecule has 1 unspecified atom stereocenters. The van der Waals surface area contributed by atoms with E-state index < -0.39 is 5.72 Å². The summed E-state index contributed by atoms with van der Waals surface area (Å²) in [5.74, 6) is 0.395. The maximum Gasteiger partial charge on any atom is 0.175 e. The van der Waals surface area contributed by atoms with Crippen LogP contribution in [0.5, 0.6) is 0 Å². The number of nitrogens with zero attached hydrogens (tertiary/aromatic N) is 2. The van der Waals surface area contributed by atoms with Gasteiger partial charge in [-0.05, 0) is 46.5 Å². The van der Waals surface area contributed by atoms with Crippen LogP contribution in [0.4, 0.5) is 0 Å². The second kappa shape index (κ2) is 12.7. The molecule has 0 saturated carbocycles. The summed E-state index contributed by atoms with van der Waals surface area (Å²) in [6.45, 7) is 14.0. The van der Waals surface area contributed by atoms with Crippen molar-refractivity contribution in [3.8, 4) is 0 Å². The fraction of sp³-hybridized carbons (Fsp3) is 0.944. The molecule has 0 radical (unpaired) electrons. The molecule has 0 aromatic heterocycles. The Hall–Kier alpha value is -0.770. The van der Waals surface area contributed by atoms with Crippen LogP contribution in [-0.4, -0.2) is 22.2 Å². The molecule has 0 fully saturated rings. The highest BCUT2D eigenvalue weighted by Gasteiger charge is 2.24. The Morgan fingerprint density at radius 3 is 1.86 bits per heavy atom. The molecule has 0 aromatic carbocycles. The number of rotatable bonds is 9. The highest BCUT2D eigenvalue weighted by atomic mass is 16.3. The fourth-order valence-corrected chi connectivity index (χ4v) is 1.55. The normalized spacial score (nSPS) is 14.4. The largest absolute Gasteiger partial charge is 0.368 e. The maximum atomic E-state index is 10.6. The van der Waals surface area contributed by atoms with Gasteiger partial charge in [-0.15, -0.1) is 0 Å². The molecule has 4 nitrogen and oxygen atoms in total. The topological polar surface area (TPSA) is 62.0 Å². The van der Waals surface area contributed by atoms with E-state index in [-0.39, 0.29) is 5.54 Å². The molecule has 22 heavy (non-hydrogen) atoms. The molecule has 0 aliphatic carbocycles. The highest BCUT2D eigenvalue weighted by molar-refractivity contribution is 5.77. The first kappa shape index (κ1) is 23.5. The molecule has 4 heteroatoms. The van der Waals surface area contributed by atoms with Gasteiger partial charge in [-0.3, -0.25) is 4.79 Å². The van der Waals surface area contributed by atoms with Gasteiger partial charge in [0, 0.05) is 12.8 Å². The number of azo groups is 1. The number of ketones is 1. The zero-order chi connectivity index (χ0) is 17.6. The fourth-order valence-electron chi connectivity index (χ4n) is 1.55. The highest BCUT2D eigenvalue weighted by Crippen LogP contribution is 2.22. The van der Waals surface area contributed by atoms with Crippen LogP contribution >= 0.6 is 0 Å². The van der Waals surface area contributed by atoms with Crippen molar-refractivity contribution in [2.45, 2.75) is 111 Å². The van der Waals surface area contributed by atoms with E-state index in [1.54, 1.807) is 0 Å². The van der Waals surface area contributed by atoms with Crippen molar-refractivity contribution >= 4 is 5.78 Å².